The zero-order chi connectivity index (χ0) is 15.4. The molecule has 0 fully saturated rings. The molecule has 0 aliphatic rings. The molecule has 0 atom stereocenters. The molecule has 0 bridgehead atoms. The Morgan fingerprint density at radius 1 is 0.944 bits per heavy atom. The first-order valence-corrected chi connectivity index (χ1v) is 5.96. The van der Waals surface area contributed by atoms with Crippen LogP contribution in [0.2, 0.25) is 0 Å². The topological polar surface area (TPSA) is 115 Å². The largest absolute Gasteiger partial charge is 0.481 e. The van der Waals surface area contributed by atoms with E-state index >= 15 is 0 Å². The van der Waals surface area contributed by atoms with Crippen LogP contribution in [-0.2, 0) is 9.59 Å². The summed E-state index contributed by atoms with van der Waals surface area (Å²) in [6.45, 7) is 7.25. The minimum Gasteiger partial charge on any atom is -0.481 e. The molecule has 6 heteroatoms. The molecule has 4 N–H and O–H groups in total. The van der Waals surface area contributed by atoms with E-state index in [-0.39, 0.29) is 6.61 Å². The van der Waals surface area contributed by atoms with Crippen molar-refractivity contribution < 1.29 is 30.0 Å². The zero-order valence-corrected chi connectivity index (χ0v) is 11.8. The number of aliphatic hydroxyl groups excluding tert-OH is 2. The summed E-state index contributed by atoms with van der Waals surface area (Å²) in [6.07, 6.45) is 3.06. The van der Waals surface area contributed by atoms with Crippen molar-refractivity contribution in [2.75, 3.05) is 13.2 Å². The Balaban J connectivity index is -0.0000000750. The van der Waals surface area contributed by atoms with Gasteiger partial charge in [0.15, 0.2) is 0 Å². The second-order valence-corrected chi connectivity index (χ2v) is 3.06. The number of hydrogen-bond acceptors (Lipinski definition) is 4. The van der Waals surface area contributed by atoms with Gasteiger partial charge in [-0.15, -0.1) is 0 Å². The third-order valence-corrected chi connectivity index (χ3v) is 0.976. The Labute approximate surface area is 109 Å². The van der Waals surface area contributed by atoms with E-state index in [1.807, 2.05) is 6.92 Å². The van der Waals surface area contributed by atoms with Gasteiger partial charge in [0.2, 0.25) is 0 Å². The van der Waals surface area contributed by atoms with Gasteiger partial charge in [-0.3, -0.25) is 9.59 Å². The molecule has 0 aliphatic heterocycles. The number of rotatable bonds is 4. The first-order chi connectivity index (χ1) is 8.33. The van der Waals surface area contributed by atoms with Crippen molar-refractivity contribution in [2.24, 2.45) is 0 Å². The van der Waals surface area contributed by atoms with Gasteiger partial charge in [0.1, 0.15) is 0 Å². The van der Waals surface area contributed by atoms with Crippen LogP contribution in [0.4, 0.5) is 0 Å². The quantitative estimate of drug-likeness (QED) is 0.617. The summed E-state index contributed by atoms with van der Waals surface area (Å²) in [5.74, 6) is -1.54. The Bertz CT molecular complexity index is 153. The molecule has 6 nitrogen and oxygen atoms in total. The first-order valence-electron chi connectivity index (χ1n) is 5.96. The highest BCUT2D eigenvalue weighted by Crippen LogP contribution is 1.82. The highest BCUT2D eigenvalue weighted by molar-refractivity contribution is 5.66. The molecule has 112 valence electrons. The average molecular weight is 268 g/mol. The smallest absolute Gasteiger partial charge is 0.303 e. The maximum Gasteiger partial charge on any atom is 0.303 e. The van der Waals surface area contributed by atoms with E-state index in [2.05, 4.69) is 6.92 Å². The van der Waals surface area contributed by atoms with Crippen LogP contribution in [0.3, 0.4) is 0 Å². The minimum atomic E-state index is -0.833. The fraction of sp³-hybridized carbons (Fsp3) is 0.833. The van der Waals surface area contributed by atoms with Crippen LogP contribution >= 0.6 is 0 Å². The summed E-state index contributed by atoms with van der Waals surface area (Å²) in [7, 11) is 0. The van der Waals surface area contributed by atoms with E-state index in [1.54, 1.807) is 6.92 Å². The second kappa shape index (κ2) is 29.7. The molecule has 0 heterocycles. The van der Waals surface area contributed by atoms with Gasteiger partial charge >= 0.3 is 5.97 Å². The van der Waals surface area contributed by atoms with Crippen molar-refractivity contribution in [1.82, 2.24) is 0 Å². The average Bonchev–Trinajstić information content (AvgIpc) is 2.19. The van der Waals surface area contributed by atoms with Crippen LogP contribution in [-0.4, -0.2) is 45.6 Å². The van der Waals surface area contributed by atoms with Gasteiger partial charge < -0.3 is 20.4 Å². The number of carboxylic acid groups (broad SMARTS) is 2. The van der Waals surface area contributed by atoms with Gasteiger partial charge in [-0.1, -0.05) is 20.3 Å². The number of unbranched alkanes of at least 4 members (excludes halogenated alkanes) is 1. The van der Waals surface area contributed by atoms with Crippen LogP contribution in [0, 0.1) is 0 Å². The van der Waals surface area contributed by atoms with Gasteiger partial charge in [-0.2, -0.15) is 0 Å². The Morgan fingerprint density at radius 3 is 1.28 bits per heavy atom. The fourth-order valence-electron chi connectivity index (χ4n) is 0.372. The second-order valence-electron chi connectivity index (χ2n) is 3.06. The van der Waals surface area contributed by atoms with Crippen LogP contribution < -0.4 is 0 Å². The molecule has 0 aliphatic carbocycles. The molecule has 0 amide bonds. The molecule has 0 aromatic heterocycles. The van der Waals surface area contributed by atoms with E-state index < -0.39 is 11.9 Å². The van der Waals surface area contributed by atoms with Gasteiger partial charge in [0, 0.05) is 26.6 Å². The molecule has 0 aromatic carbocycles. The molecule has 0 aromatic rings. The van der Waals surface area contributed by atoms with Gasteiger partial charge in [-0.25, -0.2) is 0 Å². The lowest BCUT2D eigenvalue weighted by atomic mass is 10.4. The molecule has 0 rings (SSSR count). The molecule has 0 spiro atoms. The Hall–Kier alpha value is -1.14. The van der Waals surface area contributed by atoms with Crippen molar-refractivity contribution in [3.05, 3.63) is 0 Å². The number of aliphatic carboxylic acids is 2. The third kappa shape index (κ3) is 192. The number of aliphatic hydroxyl groups is 2. The molecule has 0 unspecified atom stereocenters. The summed E-state index contributed by atoms with van der Waals surface area (Å²) in [4.78, 5) is 18.6. The molecule has 0 saturated carbocycles. The summed E-state index contributed by atoms with van der Waals surface area (Å²) in [5.41, 5.74) is 0. The van der Waals surface area contributed by atoms with E-state index in [0.717, 1.165) is 26.2 Å². The van der Waals surface area contributed by atoms with E-state index in [0.29, 0.717) is 13.0 Å². The van der Waals surface area contributed by atoms with Crippen LogP contribution in [0.25, 0.3) is 0 Å². The van der Waals surface area contributed by atoms with Crippen molar-refractivity contribution in [2.45, 2.75) is 53.4 Å². The Morgan fingerprint density at radius 2 is 1.28 bits per heavy atom. The van der Waals surface area contributed by atoms with Crippen LogP contribution in [0.1, 0.15) is 53.4 Å². The monoisotopic (exact) mass is 268 g/mol. The first kappa shape index (κ1) is 25.6. The normalized spacial score (nSPS) is 7.44. The lowest BCUT2D eigenvalue weighted by molar-refractivity contribution is -0.137. The van der Waals surface area contributed by atoms with Crippen LogP contribution in [0.5, 0.6) is 0 Å². The van der Waals surface area contributed by atoms with E-state index in [4.69, 9.17) is 25.2 Å². The van der Waals surface area contributed by atoms with Crippen molar-refractivity contribution in [1.29, 1.82) is 0 Å². The number of carbonyl (C=O) groups is 2. The molecule has 0 saturated heterocycles. The maximum absolute atomic E-state index is 9.60. The Kier molecular flexibility index (Phi) is 42.3. The van der Waals surface area contributed by atoms with Crippen molar-refractivity contribution in [3.63, 3.8) is 0 Å². The van der Waals surface area contributed by atoms with E-state index in [9.17, 15) is 4.79 Å². The summed E-state index contributed by atoms with van der Waals surface area (Å²) < 4.78 is 0. The van der Waals surface area contributed by atoms with Crippen molar-refractivity contribution >= 4 is 11.9 Å². The SMILES string of the molecule is CC(=O)O.CCCC(=O)O.CCCCO.CCO. The third-order valence-electron chi connectivity index (χ3n) is 0.976. The molecular formula is C12H28O6. The van der Waals surface area contributed by atoms with Gasteiger partial charge in [0.05, 0.1) is 0 Å². The highest BCUT2D eigenvalue weighted by atomic mass is 16.4. The zero-order valence-electron chi connectivity index (χ0n) is 11.8. The summed E-state index contributed by atoms with van der Waals surface area (Å²) in [5, 5.41) is 31.0. The van der Waals surface area contributed by atoms with Crippen molar-refractivity contribution in [3.8, 4) is 0 Å². The lowest BCUT2D eigenvalue weighted by Gasteiger charge is -1.79. The maximum atomic E-state index is 9.60. The molecular weight excluding hydrogens is 240 g/mol. The van der Waals surface area contributed by atoms with Gasteiger partial charge in [0.25, 0.3) is 5.97 Å². The fourth-order valence-corrected chi connectivity index (χ4v) is 0.372. The van der Waals surface area contributed by atoms with Crippen LogP contribution in [0.15, 0.2) is 0 Å². The molecule has 0 radical (unpaired) electrons. The number of carboxylic acids is 2. The lowest BCUT2D eigenvalue weighted by Crippen LogP contribution is -1.90. The minimum absolute atomic E-state index is 0.250. The summed E-state index contributed by atoms with van der Waals surface area (Å²) in [6, 6.07) is 0. The summed E-state index contributed by atoms with van der Waals surface area (Å²) >= 11 is 0. The predicted molar refractivity (Wildman–Crippen MR) is 70.6 cm³/mol. The van der Waals surface area contributed by atoms with Gasteiger partial charge in [-0.05, 0) is 19.8 Å². The van der Waals surface area contributed by atoms with E-state index in [1.165, 1.54) is 0 Å². The molecule has 18 heavy (non-hydrogen) atoms. The standard InChI is InChI=1S/C4H8O2.C4H10O.C2H4O2.C2H6O/c1-2-3-4(5)6;1-2-3-4-5;1-2(3)4;1-2-3/h2-3H2,1H3,(H,5,6);5H,2-4H2,1H3;1H3,(H,3,4);3H,2H2,1H3. The highest BCUT2D eigenvalue weighted by Gasteiger charge is 1.87. The predicted octanol–water partition coefficient (Wildman–Crippen LogP) is 1.74. The number of hydrogen-bond donors (Lipinski definition) is 4.